The highest BCUT2D eigenvalue weighted by Crippen LogP contribution is 2.18. The van der Waals surface area contributed by atoms with Crippen LogP contribution >= 0.6 is 0 Å². The van der Waals surface area contributed by atoms with Gasteiger partial charge in [-0.25, -0.2) is 0 Å². The fraction of sp³-hybridized carbons (Fsp3) is 0.429. The van der Waals surface area contributed by atoms with Crippen LogP contribution in [0.2, 0.25) is 0 Å². The standard InChI is InChI=1S/C10H14N2O.C4H4O3/c13-10-3-1-9(2-4-10)12-7-5-11-6-8-12;5-3-1-2-4(6)7-3/h1-4,11,13H,5-8H2;1-2H2. The molecule has 108 valence electrons. The molecule has 0 bridgehead atoms. The first-order chi connectivity index (χ1) is 9.65. The summed E-state index contributed by atoms with van der Waals surface area (Å²) in [6, 6.07) is 7.38. The maximum Gasteiger partial charge on any atom is 0.314 e. The van der Waals surface area contributed by atoms with E-state index in [4.69, 9.17) is 5.11 Å². The highest BCUT2D eigenvalue weighted by atomic mass is 16.6. The second-order valence-corrected chi connectivity index (χ2v) is 4.60. The van der Waals surface area contributed by atoms with E-state index in [1.807, 2.05) is 12.1 Å². The zero-order valence-corrected chi connectivity index (χ0v) is 11.2. The molecule has 1 aromatic carbocycles. The normalized spacial score (nSPS) is 18.3. The van der Waals surface area contributed by atoms with Crippen LogP contribution < -0.4 is 10.2 Å². The minimum absolute atomic E-state index is 0.263. The molecule has 0 radical (unpaired) electrons. The Kier molecular flexibility index (Phi) is 4.95. The van der Waals surface area contributed by atoms with Crippen molar-refractivity contribution in [1.29, 1.82) is 0 Å². The molecule has 20 heavy (non-hydrogen) atoms. The van der Waals surface area contributed by atoms with Gasteiger partial charge in [-0.05, 0) is 24.3 Å². The van der Waals surface area contributed by atoms with Gasteiger partial charge in [0.15, 0.2) is 0 Å². The number of anilines is 1. The molecule has 2 aliphatic rings. The largest absolute Gasteiger partial charge is 0.508 e. The summed E-state index contributed by atoms with van der Waals surface area (Å²) in [6.45, 7) is 4.18. The SMILES string of the molecule is O=C1CCC(=O)O1.Oc1ccc(N2CCNCC2)cc1. The molecule has 1 aromatic rings. The number of rotatable bonds is 1. The van der Waals surface area contributed by atoms with Gasteiger partial charge in [0.25, 0.3) is 0 Å². The van der Waals surface area contributed by atoms with Crippen molar-refractivity contribution in [3.05, 3.63) is 24.3 Å². The van der Waals surface area contributed by atoms with Crippen molar-refractivity contribution in [1.82, 2.24) is 5.32 Å². The lowest BCUT2D eigenvalue weighted by atomic mass is 10.2. The quantitative estimate of drug-likeness (QED) is 0.580. The molecule has 0 atom stereocenters. The van der Waals surface area contributed by atoms with Crippen molar-refractivity contribution in [2.24, 2.45) is 0 Å². The number of carbonyl (C=O) groups excluding carboxylic acids is 2. The van der Waals surface area contributed by atoms with Crippen LogP contribution in [-0.4, -0.2) is 43.2 Å². The Morgan fingerprint density at radius 1 is 1.00 bits per heavy atom. The third-order valence-electron chi connectivity index (χ3n) is 3.09. The summed E-state index contributed by atoms with van der Waals surface area (Å²) in [5.74, 6) is -0.464. The van der Waals surface area contributed by atoms with Gasteiger partial charge in [-0.15, -0.1) is 0 Å². The van der Waals surface area contributed by atoms with Gasteiger partial charge < -0.3 is 20.1 Å². The third-order valence-corrected chi connectivity index (χ3v) is 3.09. The number of piperazine rings is 1. The first-order valence-corrected chi connectivity index (χ1v) is 6.63. The van der Waals surface area contributed by atoms with Crippen molar-refractivity contribution in [2.45, 2.75) is 12.8 Å². The monoisotopic (exact) mass is 278 g/mol. The Morgan fingerprint density at radius 3 is 2.00 bits per heavy atom. The van der Waals surface area contributed by atoms with Crippen molar-refractivity contribution >= 4 is 17.6 Å². The molecule has 0 saturated carbocycles. The molecule has 2 N–H and O–H groups in total. The second-order valence-electron chi connectivity index (χ2n) is 4.60. The topological polar surface area (TPSA) is 78.9 Å². The lowest BCUT2D eigenvalue weighted by molar-refractivity contribution is -0.151. The molecule has 0 amide bonds. The molecular weight excluding hydrogens is 260 g/mol. The summed E-state index contributed by atoms with van der Waals surface area (Å²) in [5.41, 5.74) is 1.19. The maximum atomic E-state index is 10.0. The molecule has 0 aromatic heterocycles. The van der Waals surface area contributed by atoms with Crippen LogP contribution in [0.25, 0.3) is 0 Å². The van der Waals surface area contributed by atoms with Gasteiger partial charge in [0.2, 0.25) is 0 Å². The van der Waals surface area contributed by atoms with Crippen LogP contribution in [0.3, 0.4) is 0 Å². The van der Waals surface area contributed by atoms with Crippen molar-refractivity contribution in [3.63, 3.8) is 0 Å². The van der Waals surface area contributed by atoms with E-state index < -0.39 is 11.9 Å². The lowest BCUT2D eigenvalue weighted by Crippen LogP contribution is -2.43. The van der Waals surface area contributed by atoms with E-state index in [1.165, 1.54) is 5.69 Å². The van der Waals surface area contributed by atoms with Gasteiger partial charge in [0.05, 0.1) is 12.8 Å². The number of esters is 2. The van der Waals surface area contributed by atoms with Crippen molar-refractivity contribution in [3.8, 4) is 5.75 Å². The predicted octanol–water partition coefficient (Wildman–Crippen LogP) is 0.652. The summed E-state index contributed by atoms with van der Waals surface area (Å²) < 4.78 is 4.08. The fourth-order valence-corrected chi connectivity index (χ4v) is 2.02. The average Bonchev–Trinajstić information content (AvgIpc) is 2.85. The number of cyclic esters (lactones) is 2. The van der Waals surface area contributed by atoms with E-state index in [-0.39, 0.29) is 12.8 Å². The molecule has 0 unspecified atom stereocenters. The van der Waals surface area contributed by atoms with Crippen LogP contribution in [0.15, 0.2) is 24.3 Å². The molecule has 2 saturated heterocycles. The Morgan fingerprint density at radius 2 is 1.55 bits per heavy atom. The molecular formula is C14H18N2O4. The highest BCUT2D eigenvalue weighted by molar-refractivity contribution is 5.92. The smallest absolute Gasteiger partial charge is 0.314 e. The zero-order chi connectivity index (χ0) is 14.4. The average molecular weight is 278 g/mol. The minimum atomic E-state index is -0.398. The van der Waals surface area contributed by atoms with Gasteiger partial charge in [0.1, 0.15) is 5.75 Å². The molecule has 2 fully saturated rings. The van der Waals surface area contributed by atoms with Crippen LogP contribution in [-0.2, 0) is 14.3 Å². The molecule has 6 nitrogen and oxygen atoms in total. The van der Waals surface area contributed by atoms with Gasteiger partial charge >= 0.3 is 11.9 Å². The lowest BCUT2D eigenvalue weighted by Gasteiger charge is -2.29. The number of phenolic OH excluding ortho intramolecular Hbond substituents is 1. The van der Waals surface area contributed by atoms with Gasteiger partial charge in [-0.1, -0.05) is 0 Å². The molecule has 3 rings (SSSR count). The zero-order valence-electron chi connectivity index (χ0n) is 11.2. The minimum Gasteiger partial charge on any atom is -0.508 e. The number of ether oxygens (including phenoxy) is 1. The highest BCUT2D eigenvalue weighted by Gasteiger charge is 2.19. The van der Waals surface area contributed by atoms with Crippen molar-refractivity contribution < 1.29 is 19.4 Å². The van der Waals surface area contributed by atoms with Crippen molar-refractivity contribution in [2.75, 3.05) is 31.1 Å². The van der Waals surface area contributed by atoms with Crippen LogP contribution in [0.5, 0.6) is 5.75 Å². The molecule has 6 heteroatoms. The molecule has 0 spiro atoms. The summed E-state index contributed by atoms with van der Waals surface area (Å²) >= 11 is 0. The Bertz CT molecular complexity index is 453. The van der Waals surface area contributed by atoms with Crippen LogP contribution in [0, 0.1) is 0 Å². The Labute approximate surface area is 117 Å². The van der Waals surface area contributed by atoms with Crippen LogP contribution in [0.4, 0.5) is 5.69 Å². The third kappa shape index (κ3) is 4.24. The first-order valence-electron chi connectivity index (χ1n) is 6.63. The van der Waals surface area contributed by atoms with Gasteiger partial charge in [0, 0.05) is 31.9 Å². The second kappa shape index (κ2) is 6.91. The molecule has 0 aliphatic carbocycles. The summed E-state index contributed by atoms with van der Waals surface area (Å²) in [5, 5.41) is 12.4. The first kappa shape index (κ1) is 14.3. The maximum absolute atomic E-state index is 10.0. The summed E-state index contributed by atoms with van der Waals surface area (Å²) in [6.07, 6.45) is 0.525. The number of benzene rings is 1. The van der Waals surface area contributed by atoms with E-state index in [2.05, 4.69) is 15.0 Å². The van der Waals surface area contributed by atoms with Gasteiger partial charge in [-0.3, -0.25) is 9.59 Å². The fourth-order valence-electron chi connectivity index (χ4n) is 2.02. The number of hydrogen-bond donors (Lipinski definition) is 2. The van der Waals surface area contributed by atoms with Gasteiger partial charge in [-0.2, -0.15) is 0 Å². The number of nitrogens with zero attached hydrogens (tertiary/aromatic N) is 1. The van der Waals surface area contributed by atoms with E-state index in [9.17, 15) is 9.59 Å². The van der Waals surface area contributed by atoms with E-state index in [0.29, 0.717) is 5.75 Å². The Hall–Kier alpha value is -2.08. The van der Waals surface area contributed by atoms with Crippen LogP contribution in [0.1, 0.15) is 12.8 Å². The summed E-state index contributed by atoms with van der Waals surface area (Å²) in [7, 11) is 0. The molecule has 2 heterocycles. The number of phenols is 1. The number of carbonyl (C=O) groups is 2. The number of nitrogens with one attached hydrogen (secondary N) is 1. The summed E-state index contributed by atoms with van der Waals surface area (Å²) in [4.78, 5) is 22.3. The van der Waals surface area contributed by atoms with E-state index in [0.717, 1.165) is 26.2 Å². The van der Waals surface area contributed by atoms with E-state index >= 15 is 0 Å². The molecule has 2 aliphatic heterocycles. The number of aromatic hydroxyl groups is 1. The van der Waals surface area contributed by atoms with E-state index in [1.54, 1.807) is 12.1 Å². The predicted molar refractivity (Wildman–Crippen MR) is 73.5 cm³/mol. The number of hydrogen-bond acceptors (Lipinski definition) is 6. The Balaban J connectivity index is 0.000000178.